The molecule has 0 atom stereocenters. The standard InChI is InChI=1S/C14H14F3NO5S/c15-14(16,17)24(20,21)23-12-9-5-2-6-10-18(12)13(19)22-11-7-3-1-4-8-11/h1,3-4,7-9H,2,5-6,10H2. The average Bonchev–Trinajstić information content (AvgIpc) is 2.72. The molecular weight excluding hydrogens is 351 g/mol. The monoisotopic (exact) mass is 365 g/mol. The van der Waals surface area contributed by atoms with Gasteiger partial charge in [-0.1, -0.05) is 18.2 Å². The predicted octanol–water partition coefficient (Wildman–Crippen LogP) is 3.38. The number of amides is 1. The number of halogens is 3. The van der Waals surface area contributed by atoms with Crippen LogP contribution in [0.3, 0.4) is 0 Å². The van der Waals surface area contributed by atoms with E-state index in [2.05, 4.69) is 4.18 Å². The second kappa shape index (κ2) is 7.12. The summed E-state index contributed by atoms with van der Waals surface area (Å²) in [6.45, 7) is -0.0229. The van der Waals surface area contributed by atoms with Crippen LogP contribution < -0.4 is 4.74 Å². The summed E-state index contributed by atoms with van der Waals surface area (Å²) in [6.07, 6.45) is 1.40. The first-order chi connectivity index (χ1) is 11.2. The zero-order valence-electron chi connectivity index (χ0n) is 12.3. The number of benzene rings is 1. The van der Waals surface area contributed by atoms with Crippen LogP contribution in [0.25, 0.3) is 0 Å². The second-order valence-electron chi connectivity index (χ2n) is 4.85. The molecule has 132 valence electrons. The summed E-state index contributed by atoms with van der Waals surface area (Å²) in [5.41, 5.74) is -5.59. The molecule has 0 aliphatic carbocycles. The molecule has 2 rings (SSSR count). The fourth-order valence-electron chi connectivity index (χ4n) is 1.92. The van der Waals surface area contributed by atoms with Crippen molar-refractivity contribution in [3.63, 3.8) is 0 Å². The number of nitrogens with zero attached hydrogens (tertiary/aromatic N) is 1. The lowest BCUT2D eigenvalue weighted by Crippen LogP contribution is -2.37. The van der Waals surface area contributed by atoms with Crippen molar-refractivity contribution in [1.29, 1.82) is 0 Å². The van der Waals surface area contributed by atoms with Crippen LogP contribution in [0.15, 0.2) is 42.3 Å². The predicted molar refractivity (Wildman–Crippen MR) is 77.2 cm³/mol. The summed E-state index contributed by atoms with van der Waals surface area (Å²) >= 11 is 0. The first-order valence-electron chi connectivity index (χ1n) is 6.96. The summed E-state index contributed by atoms with van der Waals surface area (Å²) in [5.74, 6) is -0.532. The minimum Gasteiger partial charge on any atom is -0.410 e. The Balaban J connectivity index is 2.20. The van der Waals surface area contributed by atoms with Crippen molar-refractivity contribution in [2.45, 2.75) is 24.8 Å². The molecule has 10 heteroatoms. The lowest BCUT2D eigenvalue weighted by atomic mass is 10.2. The number of hydrogen-bond donors (Lipinski definition) is 0. The van der Waals surface area contributed by atoms with Gasteiger partial charge in [0, 0.05) is 6.54 Å². The Hall–Kier alpha value is -2.23. The Morgan fingerprint density at radius 3 is 2.42 bits per heavy atom. The molecule has 1 aliphatic rings. The zero-order valence-corrected chi connectivity index (χ0v) is 13.1. The van der Waals surface area contributed by atoms with Gasteiger partial charge in [0.15, 0.2) is 0 Å². The molecule has 1 heterocycles. The topological polar surface area (TPSA) is 72.9 Å². The highest BCUT2D eigenvalue weighted by Crippen LogP contribution is 2.29. The van der Waals surface area contributed by atoms with E-state index >= 15 is 0 Å². The third kappa shape index (κ3) is 4.40. The number of rotatable bonds is 3. The molecule has 0 saturated carbocycles. The van der Waals surface area contributed by atoms with Crippen molar-refractivity contribution in [3.05, 3.63) is 42.3 Å². The van der Waals surface area contributed by atoms with E-state index in [9.17, 15) is 26.4 Å². The molecule has 1 aliphatic heterocycles. The molecular formula is C14H14F3NO5S. The maximum absolute atomic E-state index is 12.5. The smallest absolute Gasteiger partial charge is 0.410 e. The van der Waals surface area contributed by atoms with E-state index in [0.717, 1.165) is 11.0 Å². The van der Waals surface area contributed by atoms with E-state index < -0.39 is 27.6 Å². The van der Waals surface area contributed by atoms with Crippen molar-refractivity contribution in [2.24, 2.45) is 0 Å². The first kappa shape index (κ1) is 18.1. The van der Waals surface area contributed by atoms with E-state index in [-0.39, 0.29) is 18.7 Å². The molecule has 0 N–H and O–H groups in total. The van der Waals surface area contributed by atoms with Crippen LogP contribution in [-0.4, -0.2) is 31.5 Å². The molecule has 24 heavy (non-hydrogen) atoms. The van der Waals surface area contributed by atoms with Gasteiger partial charge in [-0.15, -0.1) is 0 Å². The first-order valence-corrected chi connectivity index (χ1v) is 8.37. The van der Waals surface area contributed by atoms with E-state index in [0.29, 0.717) is 12.8 Å². The second-order valence-corrected chi connectivity index (χ2v) is 6.39. The Kier molecular flexibility index (Phi) is 5.37. The summed E-state index contributed by atoms with van der Waals surface area (Å²) in [5, 5.41) is 0. The lowest BCUT2D eigenvalue weighted by molar-refractivity contribution is -0.0535. The van der Waals surface area contributed by atoms with E-state index in [1.807, 2.05) is 0 Å². The molecule has 1 amide bonds. The molecule has 0 bridgehead atoms. The molecule has 0 spiro atoms. The van der Waals surface area contributed by atoms with Gasteiger partial charge in [-0.25, -0.2) is 9.69 Å². The molecule has 0 saturated heterocycles. The Morgan fingerprint density at radius 1 is 1.12 bits per heavy atom. The zero-order chi connectivity index (χ0) is 17.8. The molecule has 1 aromatic rings. The quantitative estimate of drug-likeness (QED) is 0.607. The van der Waals surface area contributed by atoms with Crippen LogP contribution in [-0.2, 0) is 14.3 Å². The van der Waals surface area contributed by atoms with E-state index in [1.54, 1.807) is 18.2 Å². The van der Waals surface area contributed by atoms with E-state index in [4.69, 9.17) is 4.74 Å². The van der Waals surface area contributed by atoms with Crippen molar-refractivity contribution in [2.75, 3.05) is 6.54 Å². The number of carbonyl (C=O) groups is 1. The number of hydrogen-bond acceptors (Lipinski definition) is 5. The van der Waals surface area contributed by atoms with Crippen LogP contribution in [0, 0.1) is 0 Å². The number of ether oxygens (including phenoxy) is 1. The van der Waals surface area contributed by atoms with Crippen LogP contribution in [0.2, 0.25) is 0 Å². The van der Waals surface area contributed by atoms with Gasteiger partial charge in [-0.3, -0.25) is 0 Å². The van der Waals surface area contributed by atoms with Gasteiger partial charge >= 0.3 is 21.7 Å². The fraction of sp³-hybridized carbons (Fsp3) is 0.357. The maximum Gasteiger partial charge on any atom is 0.534 e. The fourth-order valence-corrected chi connectivity index (χ4v) is 2.40. The van der Waals surface area contributed by atoms with Crippen molar-refractivity contribution >= 4 is 16.2 Å². The Labute approximate surface area is 136 Å². The molecule has 6 nitrogen and oxygen atoms in total. The van der Waals surface area contributed by atoms with Gasteiger partial charge in [0.05, 0.1) is 0 Å². The van der Waals surface area contributed by atoms with Crippen molar-refractivity contribution < 1.29 is 35.3 Å². The van der Waals surface area contributed by atoms with Gasteiger partial charge < -0.3 is 8.92 Å². The minimum absolute atomic E-state index is 0.0229. The summed E-state index contributed by atoms with van der Waals surface area (Å²) in [7, 11) is -5.87. The normalized spacial score (nSPS) is 16.1. The minimum atomic E-state index is -5.87. The van der Waals surface area contributed by atoms with Crippen LogP contribution in [0.4, 0.5) is 18.0 Å². The van der Waals surface area contributed by atoms with Gasteiger partial charge in [0.25, 0.3) is 0 Å². The van der Waals surface area contributed by atoms with E-state index in [1.165, 1.54) is 12.1 Å². The van der Waals surface area contributed by atoms with Crippen LogP contribution in [0.1, 0.15) is 19.3 Å². The van der Waals surface area contributed by atoms with Crippen molar-refractivity contribution in [3.8, 4) is 5.75 Å². The number of carbonyl (C=O) groups excluding carboxylic acids is 1. The van der Waals surface area contributed by atoms with Crippen LogP contribution >= 0.6 is 0 Å². The third-order valence-electron chi connectivity index (χ3n) is 3.07. The molecule has 0 fully saturated rings. The Bertz CT molecular complexity index is 716. The number of alkyl halides is 3. The van der Waals surface area contributed by atoms with Gasteiger partial charge in [0.1, 0.15) is 5.75 Å². The Morgan fingerprint density at radius 2 is 1.79 bits per heavy atom. The SMILES string of the molecule is O=C(Oc1ccccc1)N1CCCCC=C1OS(=O)(=O)C(F)(F)F. The van der Waals surface area contributed by atoms with Crippen LogP contribution in [0.5, 0.6) is 5.75 Å². The maximum atomic E-state index is 12.5. The average molecular weight is 365 g/mol. The largest absolute Gasteiger partial charge is 0.534 e. The van der Waals surface area contributed by atoms with Gasteiger partial charge in [-0.2, -0.15) is 21.6 Å². The summed E-state index contributed by atoms with van der Waals surface area (Å²) < 4.78 is 69.0. The summed E-state index contributed by atoms with van der Waals surface area (Å²) in [4.78, 5) is 12.9. The van der Waals surface area contributed by atoms with Crippen molar-refractivity contribution in [1.82, 2.24) is 4.90 Å². The number of allylic oxidation sites excluding steroid dienone is 1. The molecule has 0 aromatic heterocycles. The highest BCUT2D eigenvalue weighted by Gasteiger charge is 2.49. The molecule has 1 aromatic carbocycles. The van der Waals surface area contributed by atoms with Gasteiger partial charge in [-0.05, 0) is 37.5 Å². The molecule has 0 radical (unpaired) electrons. The highest BCUT2D eigenvalue weighted by molar-refractivity contribution is 7.87. The lowest BCUT2D eigenvalue weighted by Gasteiger charge is -2.23. The number of para-hydroxylation sites is 1. The van der Waals surface area contributed by atoms with Gasteiger partial charge in [0.2, 0.25) is 5.88 Å². The summed E-state index contributed by atoms with van der Waals surface area (Å²) in [6, 6.07) is 7.85. The highest BCUT2D eigenvalue weighted by atomic mass is 32.2. The molecule has 0 unspecified atom stereocenters. The third-order valence-corrected chi connectivity index (χ3v) is 4.03.